The van der Waals surface area contributed by atoms with Gasteiger partial charge in [0.15, 0.2) is 10.8 Å². The molecule has 5 heterocycles. The number of benzene rings is 1. The lowest BCUT2D eigenvalue weighted by Gasteiger charge is -2.35. The number of carbonyl (C=O) groups is 1. The van der Waals surface area contributed by atoms with Gasteiger partial charge in [0.1, 0.15) is 0 Å². The molecule has 2 aromatic heterocycles. The summed E-state index contributed by atoms with van der Waals surface area (Å²) in [4.78, 5) is 29.2. The van der Waals surface area contributed by atoms with Gasteiger partial charge >= 0.3 is 0 Å². The summed E-state index contributed by atoms with van der Waals surface area (Å²) < 4.78 is 1.87. The first-order valence-corrected chi connectivity index (χ1v) is 13.5. The first kappa shape index (κ1) is 23.2. The van der Waals surface area contributed by atoms with Crippen LogP contribution in [0.2, 0.25) is 0 Å². The molecule has 0 radical (unpaired) electrons. The number of carbonyl (C=O) groups excluding carboxylic acids is 1. The van der Waals surface area contributed by atoms with Gasteiger partial charge in [0, 0.05) is 50.5 Å². The number of thioether (sulfide) groups is 1. The summed E-state index contributed by atoms with van der Waals surface area (Å²) in [6.07, 6.45) is 7.28. The first-order valence-electron chi connectivity index (χ1n) is 12.7. The van der Waals surface area contributed by atoms with Gasteiger partial charge < -0.3 is 14.7 Å². The van der Waals surface area contributed by atoms with E-state index in [0.29, 0.717) is 4.91 Å². The summed E-state index contributed by atoms with van der Waals surface area (Å²) in [5.74, 6) is -0.177. The highest BCUT2D eigenvalue weighted by atomic mass is 32.2. The molecule has 0 spiro atoms. The van der Waals surface area contributed by atoms with E-state index in [1.165, 1.54) is 29.4 Å². The third-order valence-corrected chi connectivity index (χ3v) is 8.28. The van der Waals surface area contributed by atoms with Crippen molar-refractivity contribution in [3.8, 4) is 11.3 Å². The molecular formula is C27H31N7OS. The summed E-state index contributed by atoms with van der Waals surface area (Å²) >= 11 is 1.46. The van der Waals surface area contributed by atoms with Crippen molar-refractivity contribution in [1.82, 2.24) is 24.4 Å². The third-order valence-electron chi connectivity index (χ3n) is 7.23. The first-order chi connectivity index (χ1) is 17.5. The highest BCUT2D eigenvalue weighted by Gasteiger charge is 2.27. The fourth-order valence-electron chi connectivity index (χ4n) is 5.13. The van der Waals surface area contributed by atoms with Crippen LogP contribution in [0, 0.1) is 6.92 Å². The van der Waals surface area contributed by atoms with Crippen LogP contribution in [0.1, 0.15) is 30.5 Å². The second-order valence-corrected chi connectivity index (χ2v) is 10.8. The van der Waals surface area contributed by atoms with Gasteiger partial charge in [-0.25, -0.2) is 9.50 Å². The summed E-state index contributed by atoms with van der Waals surface area (Å²) in [7, 11) is 2.18. The topological polar surface area (TPSA) is 69.3 Å². The van der Waals surface area contributed by atoms with Crippen LogP contribution < -0.4 is 4.90 Å². The van der Waals surface area contributed by atoms with E-state index in [9.17, 15) is 4.79 Å². The molecule has 6 rings (SSSR count). The van der Waals surface area contributed by atoms with E-state index in [0.717, 1.165) is 79.9 Å². The normalized spacial score (nSPS) is 20.6. The van der Waals surface area contributed by atoms with Crippen molar-refractivity contribution < 1.29 is 4.79 Å². The van der Waals surface area contributed by atoms with E-state index in [-0.39, 0.29) is 5.91 Å². The van der Waals surface area contributed by atoms with Crippen molar-refractivity contribution in [1.29, 1.82) is 0 Å². The predicted octanol–water partition coefficient (Wildman–Crippen LogP) is 3.91. The number of aryl methyl sites for hydroxylation is 1. The molecule has 0 aliphatic carbocycles. The number of anilines is 1. The monoisotopic (exact) mass is 501 g/mol. The van der Waals surface area contributed by atoms with Gasteiger partial charge in [0.05, 0.1) is 22.5 Å². The van der Waals surface area contributed by atoms with Crippen molar-refractivity contribution in [2.24, 2.45) is 4.99 Å². The summed E-state index contributed by atoms with van der Waals surface area (Å²) in [5.41, 5.74) is 6.06. The largest absolute Gasteiger partial charge is 0.369 e. The number of rotatable bonds is 3. The lowest BCUT2D eigenvalue weighted by atomic mass is 10.1. The van der Waals surface area contributed by atoms with Crippen molar-refractivity contribution in [2.45, 2.75) is 26.2 Å². The Kier molecular flexibility index (Phi) is 6.27. The Hall–Kier alpha value is -3.17. The minimum Gasteiger partial charge on any atom is -0.369 e. The molecule has 0 N–H and O–H groups in total. The zero-order valence-electron chi connectivity index (χ0n) is 20.9. The van der Waals surface area contributed by atoms with E-state index in [1.807, 2.05) is 28.9 Å². The lowest BCUT2D eigenvalue weighted by molar-refractivity contribution is -0.113. The molecule has 2 fully saturated rings. The van der Waals surface area contributed by atoms with Crippen LogP contribution in [0.25, 0.3) is 23.0 Å². The molecule has 0 saturated carbocycles. The van der Waals surface area contributed by atoms with Gasteiger partial charge in [-0.3, -0.25) is 4.79 Å². The Balaban J connectivity index is 1.25. The van der Waals surface area contributed by atoms with Gasteiger partial charge in [-0.05, 0) is 80.9 Å². The molecular weight excluding hydrogens is 470 g/mol. The number of likely N-dealkylation sites (N-methyl/N-ethyl adjacent to an activating group) is 1. The SMILES string of the molecule is Cc1cc(-c2cnc3ccc(/C=C4\SC(N5CCCCC5)=NC4=O)nn23)ccc1N1CCN(C)CC1. The predicted molar refractivity (Wildman–Crippen MR) is 146 cm³/mol. The fraction of sp³-hybridized carbons (Fsp3) is 0.407. The number of amidine groups is 1. The van der Waals surface area contributed by atoms with Gasteiger partial charge in [-0.2, -0.15) is 10.1 Å². The average Bonchev–Trinajstić information content (AvgIpc) is 3.48. The maximum absolute atomic E-state index is 12.6. The number of piperidine rings is 1. The van der Waals surface area contributed by atoms with Gasteiger partial charge in [-0.15, -0.1) is 0 Å². The molecule has 3 aliphatic rings. The highest BCUT2D eigenvalue weighted by Crippen LogP contribution is 2.32. The van der Waals surface area contributed by atoms with Crippen molar-refractivity contribution in [2.75, 3.05) is 51.2 Å². The van der Waals surface area contributed by atoms with E-state index in [2.05, 4.69) is 56.8 Å². The molecule has 0 unspecified atom stereocenters. The smallest absolute Gasteiger partial charge is 0.286 e. The Labute approximate surface area is 215 Å². The Morgan fingerprint density at radius 1 is 0.944 bits per heavy atom. The quantitative estimate of drug-likeness (QED) is 0.504. The number of aliphatic imine (C=N–C) groups is 1. The van der Waals surface area contributed by atoms with Crippen LogP contribution in [0.4, 0.5) is 5.69 Å². The summed E-state index contributed by atoms with van der Waals surface area (Å²) in [6.45, 7) is 8.39. The molecule has 1 aromatic carbocycles. The Morgan fingerprint density at radius 3 is 2.53 bits per heavy atom. The molecule has 9 heteroatoms. The van der Waals surface area contributed by atoms with Crippen molar-refractivity contribution in [3.63, 3.8) is 0 Å². The Morgan fingerprint density at radius 2 is 1.75 bits per heavy atom. The third kappa shape index (κ3) is 4.53. The maximum atomic E-state index is 12.6. The molecule has 8 nitrogen and oxygen atoms in total. The number of hydrogen-bond donors (Lipinski definition) is 0. The standard InChI is InChI=1S/C27H31N7OS/c1-19-16-20(6-8-22(19)32-14-12-31(2)13-15-32)23-18-28-25-9-7-21(30-34(23)25)17-24-26(35)29-27(36-24)33-10-4-3-5-11-33/h6-9,16-18H,3-5,10-15H2,1-2H3/b24-17-. The maximum Gasteiger partial charge on any atom is 0.286 e. The van der Waals surface area contributed by atoms with Crippen molar-refractivity contribution >= 4 is 40.2 Å². The number of nitrogens with zero attached hydrogens (tertiary/aromatic N) is 7. The van der Waals surface area contributed by atoms with Crippen LogP contribution in [0.15, 0.2) is 46.4 Å². The number of piperazine rings is 1. The average molecular weight is 502 g/mol. The molecule has 1 amide bonds. The Bertz CT molecular complexity index is 1360. The molecule has 0 bridgehead atoms. The second-order valence-electron chi connectivity index (χ2n) is 9.82. The number of hydrogen-bond acceptors (Lipinski definition) is 7. The van der Waals surface area contributed by atoms with Crippen LogP contribution in [0.5, 0.6) is 0 Å². The van der Waals surface area contributed by atoms with Gasteiger partial charge in [0.2, 0.25) is 0 Å². The van der Waals surface area contributed by atoms with E-state index in [1.54, 1.807) is 0 Å². The van der Waals surface area contributed by atoms with Crippen LogP contribution in [-0.4, -0.2) is 81.8 Å². The number of aromatic nitrogens is 3. The van der Waals surface area contributed by atoms with Gasteiger partial charge in [-0.1, -0.05) is 6.07 Å². The van der Waals surface area contributed by atoms with E-state index >= 15 is 0 Å². The second kappa shape index (κ2) is 9.71. The number of amides is 1. The number of fused-ring (bicyclic) bond motifs is 1. The van der Waals surface area contributed by atoms with Crippen LogP contribution in [0.3, 0.4) is 0 Å². The fourth-order valence-corrected chi connectivity index (χ4v) is 6.08. The lowest BCUT2D eigenvalue weighted by Crippen LogP contribution is -2.44. The summed E-state index contributed by atoms with van der Waals surface area (Å²) in [6, 6.07) is 10.5. The van der Waals surface area contributed by atoms with E-state index < -0.39 is 0 Å². The molecule has 3 aliphatic heterocycles. The zero-order chi connectivity index (χ0) is 24.6. The summed E-state index contributed by atoms with van der Waals surface area (Å²) in [5, 5.41) is 5.65. The molecule has 3 aromatic rings. The highest BCUT2D eigenvalue weighted by molar-refractivity contribution is 8.18. The molecule has 186 valence electrons. The van der Waals surface area contributed by atoms with E-state index in [4.69, 9.17) is 5.10 Å². The molecule has 0 atom stereocenters. The number of imidazole rings is 1. The minimum atomic E-state index is -0.177. The number of likely N-dealkylation sites (tertiary alicyclic amines) is 1. The van der Waals surface area contributed by atoms with Crippen LogP contribution >= 0.6 is 11.8 Å². The minimum absolute atomic E-state index is 0.177. The van der Waals surface area contributed by atoms with Crippen molar-refractivity contribution in [3.05, 3.63) is 52.7 Å². The molecule has 36 heavy (non-hydrogen) atoms. The van der Waals surface area contributed by atoms with Crippen LogP contribution in [-0.2, 0) is 4.79 Å². The van der Waals surface area contributed by atoms with Gasteiger partial charge in [0.25, 0.3) is 5.91 Å². The zero-order valence-corrected chi connectivity index (χ0v) is 21.7. The molecule has 2 saturated heterocycles.